The molecule has 1 aliphatic heterocycles. The van der Waals surface area contributed by atoms with Crippen molar-refractivity contribution in [1.29, 1.82) is 0 Å². The van der Waals surface area contributed by atoms with Gasteiger partial charge >= 0.3 is 0 Å². The first-order valence-corrected chi connectivity index (χ1v) is 5.93. The van der Waals surface area contributed by atoms with Crippen molar-refractivity contribution in [3.05, 3.63) is 0 Å². The van der Waals surface area contributed by atoms with E-state index in [0.29, 0.717) is 18.2 Å². The Bertz CT molecular complexity index is 162. The van der Waals surface area contributed by atoms with Crippen molar-refractivity contribution in [3.63, 3.8) is 0 Å². The lowest BCUT2D eigenvalue weighted by atomic mass is 9.92. The number of aliphatic hydroxyl groups is 1. The largest absolute Gasteiger partial charge is 0.396 e. The second-order valence-corrected chi connectivity index (χ2v) is 5.38. The molecular weight excluding hydrogens is 174 g/mol. The van der Waals surface area contributed by atoms with Gasteiger partial charge in [0.1, 0.15) is 0 Å². The molecule has 0 unspecified atom stereocenters. The second-order valence-electron chi connectivity index (χ2n) is 5.38. The lowest BCUT2D eigenvalue weighted by Gasteiger charge is -2.44. The van der Waals surface area contributed by atoms with Crippen LogP contribution in [-0.4, -0.2) is 34.7 Å². The molecule has 84 valence electrons. The summed E-state index contributed by atoms with van der Waals surface area (Å²) >= 11 is 0. The summed E-state index contributed by atoms with van der Waals surface area (Å²) in [6.45, 7) is 8.47. The van der Waals surface area contributed by atoms with Crippen molar-refractivity contribution in [2.24, 2.45) is 0 Å². The van der Waals surface area contributed by atoms with E-state index in [4.69, 9.17) is 5.11 Å². The van der Waals surface area contributed by atoms with Crippen LogP contribution in [0.3, 0.4) is 0 Å². The fraction of sp³-hybridized carbons (Fsp3) is 1.00. The monoisotopic (exact) mass is 199 g/mol. The average Bonchev–Trinajstić information content (AvgIpc) is 2.14. The molecule has 14 heavy (non-hydrogen) atoms. The van der Waals surface area contributed by atoms with Crippen molar-refractivity contribution in [1.82, 2.24) is 4.90 Å². The molecule has 1 aliphatic rings. The van der Waals surface area contributed by atoms with Crippen molar-refractivity contribution >= 4 is 0 Å². The molecule has 0 saturated carbocycles. The molecule has 0 aromatic carbocycles. The van der Waals surface area contributed by atoms with Gasteiger partial charge in [-0.3, -0.25) is 4.90 Å². The maximum Gasteiger partial charge on any atom is 0.0431 e. The van der Waals surface area contributed by atoms with Crippen LogP contribution in [0.1, 0.15) is 52.9 Å². The standard InChI is InChI=1S/C12H25NO/c1-12(2,3)13-9-5-4-7-11(13)8-6-10-14/h11,14H,4-10H2,1-3H3/t11-/m1/s1. The van der Waals surface area contributed by atoms with E-state index in [1.54, 1.807) is 0 Å². The molecule has 2 heteroatoms. The Morgan fingerprint density at radius 1 is 1.29 bits per heavy atom. The van der Waals surface area contributed by atoms with E-state index in [1.807, 2.05) is 0 Å². The topological polar surface area (TPSA) is 23.5 Å². The maximum absolute atomic E-state index is 8.87. The normalized spacial score (nSPS) is 25.3. The van der Waals surface area contributed by atoms with Crippen molar-refractivity contribution < 1.29 is 5.11 Å². The Morgan fingerprint density at radius 3 is 2.57 bits per heavy atom. The van der Waals surface area contributed by atoms with Gasteiger partial charge in [-0.1, -0.05) is 6.42 Å². The SMILES string of the molecule is CC(C)(C)N1CCCC[C@@H]1CCCO. The van der Waals surface area contributed by atoms with Crippen molar-refractivity contribution in [3.8, 4) is 0 Å². The van der Waals surface area contributed by atoms with E-state index in [9.17, 15) is 0 Å². The maximum atomic E-state index is 8.87. The predicted octanol–water partition coefficient (Wildman–Crippen LogP) is 2.41. The van der Waals surface area contributed by atoms with E-state index >= 15 is 0 Å². The number of aliphatic hydroxyl groups excluding tert-OH is 1. The van der Waals surface area contributed by atoms with Gasteiger partial charge in [-0.2, -0.15) is 0 Å². The van der Waals surface area contributed by atoms with Gasteiger partial charge in [0.15, 0.2) is 0 Å². The number of rotatable bonds is 3. The Balaban J connectivity index is 2.50. The Hall–Kier alpha value is -0.0800. The summed E-state index contributed by atoms with van der Waals surface area (Å²) in [5.74, 6) is 0. The molecule has 1 fully saturated rings. The molecule has 0 aliphatic carbocycles. The van der Waals surface area contributed by atoms with Gasteiger partial charge in [0, 0.05) is 18.2 Å². The van der Waals surface area contributed by atoms with E-state index in [-0.39, 0.29) is 0 Å². The van der Waals surface area contributed by atoms with Gasteiger partial charge in [0.2, 0.25) is 0 Å². The summed E-state index contributed by atoms with van der Waals surface area (Å²) in [7, 11) is 0. The van der Waals surface area contributed by atoms with Gasteiger partial charge in [-0.15, -0.1) is 0 Å². The minimum absolute atomic E-state index is 0.292. The van der Waals surface area contributed by atoms with Crippen LogP contribution in [0.15, 0.2) is 0 Å². The zero-order chi connectivity index (χ0) is 10.6. The molecule has 0 bridgehead atoms. The molecule has 0 radical (unpaired) electrons. The molecule has 2 nitrogen and oxygen atoms in total. The molecule has 0 spiro atoms. The predicted molar refractivity (Wildman–Crippen MR) is 60.4 cm³/mol. The minimum Gasteiger partial charge on any atom is -0.396 e. The average molecular weight is 199 g/mol. The first-order chi connectivity index (χ1) is 6.55. The fourth-order valence-corrected chi connectivity index (χ4v) is 2.51. The third-order valence-corrected chi connectivity index (χ3v) is 3.18. The van der Waals surface area contributed by atoms with Gasteiger partial charge in [-0.25, -0.2) is 0 Å². The summed E-state index contributed by atoms with van der Waals surface area (Å²) in [4.78, 5) is 2.62. The van der Waals surface area contributed by atoms with Gasteiger partial charge in [0.05, 0.1) is 0 Å². The Labute approximate surface area is 88.3 Å². The molecule has 1 N–H and O–H groups in total. The van der Waals surface area contributed by atoms with Gasteiger partial charge in [-0.05, 0) is 53.0 Å². The van der Waals surface area contributed by atoms with Gasteiger partial charge in [0.25, 0.3) is 0 Å². The van der Waals surface area contributed by atoms with Crippen molar-refractivity contribution in [2.75, 3.05) is 13.2 Å². The van der Waals surface area contributed by atoms with E-state index in [0.717, 1.165) is 12.8 Å². The Kier molecular flexibility index (Phi) is 4.39. The molecule has 0 amide bonds. The lowest BCUT2D eigenvalue weighted by Crippen LogP contribution is -2.50. The van der Waals surface area contributed by atoms with Crippen LogP contribution in [0.4, 0.5) is 0 Å². The first kappa shape index (κ1) is 12.0. The molecule has 1 heterocycles. The third-order valence-electron chi connectivity index (χ3n) is 3.18. The third kappa shape index (κ3) is 3.25. The zero-order valence-corrected chi connectivity index (χ0v) is 9.92. The minimum atomic E-state index is 0.292. The number of hydrogen-bond acceptors (Lipinski definition) is 2. The number of nitrogens with zero attached hydrogens (tertiary/aromatic N) is 1. The smallest absolute Gasteiger partial charge is 0.0431 e. The summed E-state index contributed by atoms with van der Waals surface area (Å²) in [5, 5.41) is 8.87. The van der Waals surface area contributed by atoms with Gasteiger partial charge < -0.3 is 5.11 Å². The molecule has 1 rings (SSSR count). The van der Waals surface area contributed by atoms with Crippen LogP contribution < -0.4 is 0 Å². The second kappa shape index (κ2) is 5.13. The quantitative estimate of drug-likeness (QED) is 0.754. The van der Waals surface area contributed by atoms with Crippen LogP contribution in [0.2, 0.25) is 0 Å². The Morgan fingerprint density at radius 2 is 2.00 bits per heavy atom. The van der Waals surface area contributed by atoms with Crippen LogP contribution in [0, 0.1) is 0 Å². The van der Waals surface area contributed by atoms with E-state index < -0.39 is 0 Å². The van der Waals surface area contributed by atoms with Crippen LogP contribution in [0.25, 0.3) is 0 Å². The number of hydrogen-bond donors (Lipinski definition) is 1. The summed E-state index contributed by atoms with van der Waals surface area (Å²) in [6.07, 6.45) is 6.14. The van der Waals surface area contributed by atoms with Crippen LogP contribution in [-0.2, 0) is 0 Å². The molecular formula is C12H25NO. The summed E-state index contributed by atoms with van der Waals surface area (Å²) in [6, 6.07) is 0.705. The zero-order valence-electron chi connectivity index (χ0n) is 9.92. The first-order valence-electron chi connectivity index (χ1n) is 5.93. The van der Waals surface area contributed by atoms with Crippen LogP contribution in [0.5, 0.6) is 0 Å². The highest BCUT2D eigenvalue weighted by Crippen LogP contribution is 2.27. The molecule has 0 aromatic heterocycles. The van der Waals surface area contributed by atoms with E-state index in [2.05, 4.69) is 25.7 Å². The summed E-state index contributed by atoms with van der Waals surface area (Å²) < 4.78 is 0. The van der Waals surface area contributed by atoms with E-state index in [1.165, 1.54) is 25.8 Å². The fourth-order valence-electron chi connectivity index (χ4n) is 2.51. The number of piperidine rings is 1. The number of likely N-dealkylation sites (tertiary alicyclic amines) is 1. The van der Waals surface area contributed by atoms with Crippen molar-refractivity contribution in [2.45, 2.75) is 64.5 Å². The molecule has 1 atom stereocenters. The summed E-state index contributed by atoms with van der Waals surface area (Å²) in [5.41, 5.74) is 0.292. The lowest BCUT2D eigenvalue weighted by molar-refractivity contribution is 0.0436. The highest BCUT2D eigenvalue weighted by Gasteiger charge is 2.30. The highest BCUT2D eigenvalue weighted by atomic mass is 16.2. The van der Waals surface area contributed by atoms with Crippen LogP contribution >= 0.6 is 0 Å². The highest BCUT2D eigenvalue weighted by molar-refractivity contribution is 4.85. The molecule has 0 aromatic rings. The molecule has 1 saturated heterocycles.